The van der Waals surface area contributed by atoms with Crippen LogP contribution < -0.4 is 0 Å². The van der Waals surface area contributed by atoms with Gasteiger partial charge in [-0.15, -0.1) is 0 Å². The SMILES string of the molecule is CC1=C(C)[C@]2(C)CC[C@@H]1C2(C)C. The summed E-state index contributed by atoms with van der Waals surface area (Å²) in [5.41, 5.74) is 4.42. The predicted molar refractivity (Wildman–Crippen MR) is 53.0 cm³/mol. The van der Waals surface area contributed by atoms with E-state index in [4.69, 9.17) is 0 Å². The van der Waals surface area contributed by atoms with Crippen LogP contribution >= 0.6 is 0 Å². The van der Waals surface area contributed by atoms with Gasteiger partial charge in [-0.3, -0.25) is 0 Å². The Bertz CT molecular complexity index is 257. The summed E-state index contributed by atoms with van der Waals surface area (Å²) < 4.78 is 0. The average molecular weight is 164 g/mol. The summed E-state index contributed by atoms with van der Waals surface area (Å²) >= 11 is 0. The molecule has 0 N–H and O–H groups in total. The molecule has 0 aromatic carbocycles. The second-order valence-electron chi connectivity index (χ2n) is 5.45. The van der Waals surface area contributed by atoms with Crippen LogP contribution in [0, 0.1) is 16.7 Å². The first kappa shape index (κ1) is 8.34. The summed E-state index contributed by atoms with van der Waals surface area (Å²) in [6, 6.07) is 0. The van der Waals surface area contributed by atoms with Crippen molar-refractivity contribution in [2.45, 2.75) is 47.5 Å². The third kappa shape index (κ3) is 0.616. The maximum atomic E-state index is 2.46. The van der Waals surface area contributed by atoms with Crippen LogP contribution in [-0.2, 0) is 0 Å². The molecule has 12 heavy (non-hydrogen) atoms. The van der Waals surface area contributed by atoms with E-state index in [9.17, 15) is 0 Å². The third-order valence-corrected chi connectivity index (χ3v) is 5.17. The molecular weight excluding hydrogens is 144 g/mol. The summed E-state index contributed by atoms with van der Waals surface area (Å²) in [7, 11) is 0. The lowest BCUT2D eigenvalue weighted by Crippen LogP contribution is -2.29. The Hall–Kier alpha value is -0.260. The fourth-order valence-electron chi connectivity index (χ4n) is 3.63. The van der Waals surface area contributed by atoms with Crippen molar-refractivity contribution < 1.29 is 0 Å². The van der Waals surface area contributed by atoms with Crippen LogP contribution in [0.5, 0.6) is 0 Å². The second kappa shape index (κ2) is 1.97. The Morgan fingerprint density at radius 2 is 1.75 bits per heavy atom. The van der Waals surface area contributed by atoms with Gasteiger partial charge in [0.05, 0.1) is 0 Å². The van der Waals surface area contributed by atoms with Crippen LogP contribution in [0.2, 0.25) is 0 Å². The van der Waals surface area contributed by atoms with Gasteiger partial charge in [-0.05, 0) is 43.4 Å². The van der Waals surface area contributed by atoms with E-state index in [1.165, 1.54) is 12.8 Å². The normalized spacial score (nSPS) is 44.2. The summed E-state index contributed by atoms with van der Waals surface area (Å²) in [5, 5.41) is 0. The minimum absolute atomic E-state index is 0.516. The highest BCUT2D eigenvalue weighted by Crippen LogP contribution is 2.67. The highest BCUT2D eigenvalue weighted by Gasteiger charge is 2.57. The van der Waals surface area contributed by atoms with Crippen molar-refractivity contribution in [1.29, 1.82) is 0 Å². The van der Waals surface area contributed by atoms with Gasteiger partial charge in [0.2, 0.25) is 0 Å². The monoisotopic (exact) mass is 164 g/mol. The fraction of sp³-hybridized carbons (Fsp3) is 0.833. The summed E-state index contributed by atoms with van der Waals surface area (Å²) in [6.45, 7) is 12.0. The van der Waals surface area contributed by atoms with Gasteiger partial charge in [0.15, 0.2) is 0 Å². The van der Waals surface area contributed by atoms with Gasteiger partial charge in [0.25, 0.3) is 0 Å². The van der Waals surface area contributed by atoms with Gasteiger partial charge in [-0.1, -0.05) is 31.9 Å². The number of hydrogen-bond donors (Lipinski definition) is 0. The van der Waals surface area contributed by atoms with E-state index < -0.39 is 0 Å². The van der Waals surface area contributed by atoms with Crippen LogP contribution in [0.15, 0.2) is 11.1 Å². The van der Waals surface area contributed by atoms with Gasteiger partial charge in [-0.25, -0.2) is 0 Å². The molecule has 2 aliphatic carbocycles. The van der Waals surface area contributed by atoms with Crippen molar-refractivity contribution in [2.24, 2.45) is 16.7 Å². The standard InChI is InChI=1S/C12H20/c1-8-9(2)12(5)7-6-10(8)11(12,3)4/h10H,6-7H2,1-5H3/t10-,12-/m0/s1. The molecule has 0 unspecified atom stereocenters. The van der Waals surface area contributed by atoms with Crippen LogP contribution in [0.1, 0.15) is 47.5 Å². The molecule has 1 saturated carbocycles. The Morgan fingerprint density at radius 3 is 2.00 bits per heavy atom. The highest BCUT2D eigenvalue weighted by atomic mass is 14.6. The molecule has 0 heterocycles. The molecule has 0 saturated heterocycles. The molecule has 0 nitrogen and oxygen atoms in total. The van der Waals surface area contributed by atoms with Crippen LogP contribution in [0.3, 0.4) is 0 Å². The lowest BCUT2D eigenvalue weighted by Gasteiger charge is -2.36. The van der Waals surface area contributed by atoms with E-state index in [-0.39, 0.29) is 0 Å². The molecule has 2 bridgehead atoms. The molecule has 0 spiro atoms. The van der Waals surface area contributed by atoms with E-state index in [1.807, 2.05) is 0 Å². The highest BCUT2D eigenvalue weighted by molar-refractivity contribution is 5.36. The largest absolute Gasteiger partial charge is 0.0702 e. The zero-order valence-corrected chi connectivity index (χ0v) is 8.99. The van der Waals surface area contributed by atoms with E-state index in [0.29, 0.717) is 10.8 Å². The van der Waals surface area contributed by atoms with Crippen molar-refractivity contribution in [2.75, 3.05) is 0 Å². The number of rotatable bonds is 0. The van der Waals surface area contributed by atoms with Crippen molar-refractivity contribution in [1.82, 2.24) is 0 Å². The molecule has 0 aromatic heterocycles. The van der Waals surface area contributed by atoms with Gasteiger partial charge >= 0.3 is 0 Å². The Kier molecular flexibility index (Phi) is 1.37. The van der Waals surface area contributed by atoms with E-state index >= 15 is 0 Å². The molecule has 0 heteroatoms. The van der Waals surface area contributed by atoms with E-state index in [2.05, 4.69) is 34.6 Å². The third-order valence-electron chi connectivity index (χ3n) is 5.17. The van der Waals surface area contributed by atoms with Crippen LogP contribution in [-0.4, -0.2) is 0 Å². The van der Waals surface area contributed by atoms with E-state index in [0.717, 1.165) is 5.92 Å². The lowest BCUT2D eigenvalue weighted by atomic mass is 9.68. The van der Waals surface area contributed by atoms with Gasteiger partial charge in [0, 0.05) is 0 Å². The van der Waals surface area contributed by atoms with Crippen molar-refractivity contribution in [3.63, 3.8) is 0 Å². The second-order valence-corrected chi connectivity index (χ2v) is 5.45. The topological polar surface area (TPSA) is 0 Å². The molecule has 2 aliphatic rings. The molecular formula is C12H20. The molecule has 68 valence electrons. The van der Waals surface area contributed by atoms with Gasteiger partial charge in [-0.2, -0.15) is 0 Å². The first-order chi connectivity index (χ1) is 5.41. The smallest absolute Gasteiger partial charge is 0.00594 e. The zero-order valence-electron chi connectivity index (χ0n) is 8.99. The number of hydrogen-bond acceptors (Lipinski definition) is 0. The van der Waals surface area contributed by atoms with Crippen molar-refractivity contribution in [3.8, 4) is 0 Å². The summed E-state index contributed by atoms with van der Waals surface area (Å²) in [5.74, 6) is 0.877. The number of allylic oxidation sites excluding steroid dienone is 2. The van der Waals surface area contributed by atoms with Crippen LogP contribution in [0.4, 0.5) is 0 Å². The molecule has 0 amide bonds. The lowest BCUT2D eigenvalue weighted by molar-refractivity contribution is 0.170. The molecule has 1 fully saturated rings. The summed E-state index contributed by atoms with van der Waals surface area (Å²) in [6.07, 6.45) is 2.83. The molecule has 0 radical (unpaired) electrons. The first-order valence-electron chi connectivity index (χ1n) is 5.09. The van der Waals surface area contributed by atoms with Crippen molar-refractivity contribution in [3.05, 3.63) is 11.1 Å². The average Bonchev–Trinajstić information content (AvgIpc) is 2.26. The predicted octanol–water partition coefficient (Wildman–Crippen LogP) is 3.78. The maximum Gasteiger partial charge on any atom is -0.00594 e. The zero-order chi connectivity index (χ0) is 9.15. The molecule has 0 aliphatic heterocycles. The molecule has 0 aromatic rings. The maximum absolute atomic E-state index is 2.46. The quantitative estimate of drug-likeness (QED) is 0.478. The Balaban J connectivity index is 2.56. The van der Waals surface area contributed by atoms with Crippen molar-refractivity contribution >= 4 is 0 Å². The van der Waals surface area contributed by atoms with Gasteiger partial charge < -0.3 is 0 Å². The summed E-state index contributed by atoms with van der Waals surface area (Å²) in [4.78, 5) is 0. The first-order valence-corrected chi connectivity index (χ1v) is 5.09. The minimum atomic E-state index is 0.516. The fourth-order valence-corrected chi connectivity index (χ4v) is 3.63. The molecule has 2 atom stereocenters. The van der Waals surface area contributed by atoms with E-state index in [1.54, 1.807) is 11.1 Å². The molecule has 2 rings (SSSR count). The van der Waals surface area contributed by atoms with Gasteiger partial charge in [0.1, 0.15) is 0 Å². The Morgan fingerprint density at radius 1 is 1.17 bits per heavy atom. The Labute approximate surface area is 76.1 Å². The number of fused-ring (bicyclic) bond motifs is 2. The minimum Gasteiger partial charge on any atom is -0.0702 e. The van der Waals surface area contributed by atoms with Crippen LogP contribution in [0.25, 0.3) is 0 Å².